The summed E-state index contributed by atoms with van der Waals surface area (Å²) in [5.41, 5.74) is 0.161. The van der Waals surface area contributed by atoms with Gasteiger partial charge in [0.1, 0.15) is 0 Å². The number of piperazine rings is 1. The largest absolute Gasteiger partial charge is 0.353 e. The lowest BCUT2D eigenvalue weighted by Gasteiger charge is -2.36. The molecule has 1 rings (SSSR count). The molecule has 1 fully saturated rings. The van der Waals surface area contributed by atoms with E-state index in [1.165, 1.54) is 0 Å². The minimum atomic E-state index is 0.113. The van der Waals surface area contributed by atoms with Gasteiger partial charge in [-0.15, -0.1) is 0 Å². The molecule has 1 saturated heterocycles. The molecule has 1 heterocycles. The van der Waals surface area contributed by atoms with Crippen molar-refractivity contribution in [3.05, 3.63) is 0 Å². The van der Waals surface area contributed by atoms with Crippen LogP contribution in [0, 0.1) is 0 Å². The highest BCUT2D eigenvalue weighted by Crippen LogP contribution is 2.15. The molecule has 0 aromatic heterocycles. The molecule has 1 aliphatic heterocycles. The van der Waals surface area contributed by atoms with E-state index in [2.05, 4.69) is 24.5 Å². The molecule has 3 heteroatoms. The maximum absolute atomic E-state index is 10.8. The Morgan fingerprint density at radius 1 is 1.45 bits per heavy atom. The summed E-state index contributed by atoms with van der Waals surface area (Å²) in [6.07, 6.45) is 2.15. The molecular formula is C8H16N2O. The smallest absolute Gasteiger partial charge is 0.234 e. The van der Waals surface area contributed by atoms with Crippen LogP contribution in [0.25, 0.3) is 0 Å². The molecule has 1 amide bonds. The van der Waals surface area contributed by atoms with Crippen molar-refractivity contribution in [3.63, 3.8) is 0 Å². The lowest BCUT2D eigenvalue weighted by Crippen LogP contribution is -2.60. The van der Waals surface area contributed by atoms with Crippen LogP contribution in [0.3, 0.4) is 0 Å². The van der Waals surface area contributed by atoms with Gasteiger partial charge in [-0.3, -0.25) is 4.79 Å². The van der Waals surface area contributed by atoms with Crippen molar-refractivity contribution in [2.24, 2.45) is 0 Å². The Morgan fingerprint density at radius 3 is 2.45 bits per heavy atom. The number of hydrogen-bond acceptors (Lipinski definition) is 2. The standard InChI is InChI=1S/C8H16N2O/c1-3-8(4-2)6-9-7(11)5-10-8/h10H,3-6H2,1-2H3,(H,9,11). The minimum absolute atomic E-state index is 0.113. The van der Waals surface area contributed by atoms with Crippen molar-refractivity contribution in [1.29, 1.82) is 0 Å². The Bertz CT molecular complexity index is 140. The van der Waals surface area contributed by atoms with Gasteiger partial charge in [0.15, 0.2) is 0 Å². The van der Waals surface area contributed by atoms with E-state index in [-0.39, 0.29) is 11.4 Å². The van der Waals surface area contributed by atoms with Gasteiger partial charge in [0.05, 0.1) is 6.54 Å². The topological polar surface area (TPSA) is 41.1 Å². The molecule has 0 saturated carbocycles. The third-order valence-corrected chi connectivity index (χ3v) is 2.60. The summed E-state index contributed by atoms with van der Waals surface area (Å²) in [6, 6.07) is 0. The highest BCUT2D eigenvalue weighted by Gasteiger charge is 2.29. The average molecular weight is 156 g/mol. The maximum atomic E-state index is 10.8. The van der Waals surface area contributed by atoms with Gasteiger partial charge in [-0.2, -0.15) is 0 Å². The van der Waals surface area contributed by atoms with Gasteiger partial charge in [-0.25, -0.2) is 0 Å². The van der Waals surface area contributed by atoms with E-state index < -0.39 is 0 Å². The van der Waals surface area contributed by atoms with Gasteiger partial charge in [0, 0.05) is 12.1 Å². The summed E-state index contributed by atoms with van der Waals surface area (Å²) < 4.78 is 0. The summed E-state index contributed by atoms with van der Waals surface area (Å²) in [5, 5.41) is 6.14. The van der Waals surface area contributed by atoms with Gasteiger partial charge in [0.2, 0.25) is 5.91 Å². The Morgan fingerprint density at radius 2 is 2.09 bits per heavy atom. The Balaban J connectivity index is 2.52. The third kappa shape index (κ3) is 1.71. The van der Waals surface area contributed by atoms with Crippen molar-refractivity contribution in [3.8, 4) is 0 Å². The molecule has 0 unspecified atom stereocenters. The van der Waals surface area contributed by atoms with Crippen molar-refractivity contribution in [2.75, 3.05) is 13.1 Å². The second-order valence-electron chi connectivity index (χ2n) is 3.12. The van der Waals surface area contributed by atoms with E-state index in [0.29, 0.717) is 6.54 Å². The highest BCUT2D eigenvalue weighted by molar-refractivity contribution is 5.79. The average Bonchev–Trinajstić information content (AvgIpc) is 2.07. The zero-order chi connectivity index (χ0) is 8.32. The Labute approximate surface area is 67.5 Å². The first-order valence-electron chi connectivity index (χ1n) is 4.24. The van der Waals surface area contributed by atoms with E-state index in [0.717, 1.165) is 19.4 Å². The van der Waals surface area contributed by atoms with Gasteiger partial charge in [0.25, 0.3) is 0 Å². The van der Waals surface area contributed by atoms with Crippen LogP contribution >= 0.6 is 0 Å². The van der Waals surface area contributed by atoms with E-state index in [1.54, 1.807) is 0 Å². The molecule has 3 nitrogen and oxygen atoms in total. The van der Waals surface area contributed by atoms with Crippen LogP contribution in [-0.4, -0.2) is 24.5 Å². The fraction of sp³-hybridized carbons (Fsp3) is 0.875. The van der Waals surface area contributed by atoms with Crippen molar-refractivity contribution >= 4 is 5.91 Å². The first kappa shape index (κ1) is 8.53. The molecule has 0 spiro atoms. The molecule has 0 radical (unpaired) electrons. The molecule has 64 valence electrons. The summed E-state index contributed by atoms with van der Waals surface area (Å²) in [6.45, 7) is 5.54. The fourth-order valence-electron chi connectivity index (χ4n) is 1.41. The summed E-state index contributed by atoms with van der Waals surface area (Å²) in [4.78, 5) is 10.8. The maximum Gasteiger partial charge on any atom is 0.234 e. The Hall–Kier alpha value is -0.570. The minimum Gasteiger partial charge on any atom is -0.353 e. The molecule has 2 N–H and O–H groups in total. The van der Waals surface area contributed by atoms with E-state index in [9.17, 15) is 4.79 Å². The zero-order valence-corrected chi connectivity index (χ0v) is 7.24. The quantitative estimate of drug-likeness (QED) is 0.602. The Kier molecular flexibility index (Phi) is 2.49. The van der Waals surface area contributed by atoms with Crippen molar-refractivity contribution in [2.45, 2.75) is 32.2 Å². The van der Waals surface area contributed by atoms with Gasteiger partial charge in [-0.05, 0) is 12.8 Å². The SMILES string of the molecule is CCC1(CC)CNC(=O)CN1. The number of hydrogen-bond donors (Lipinski definition) is 2. The van der Waals surface area contributed by atoms with Crippen LogP contribution in [-0.2, 0) is 4.79 Å². The van der Waals surface area contributed by atoms with Gasteiger partial charge >= 0.3 is 0 Å². The third-order valence-electron chi connectivity index (χ3n) is 2.60. The second kappa shape index (κ2) is 3.22. The van der Waals surface area contributed by atoms with Crippen molar-refractivity contribution in [1.82, 2.24) is 10.6 Å². The summed E-state index contributed by atoms with van der Waals surface area (Å²) in [7, 11) is 0. The van der Waals surface area contributed by atoms with Crippen LogP contribution < -0.4 is 10.6 Å². The lowest BCUT2D eigenvalue weighted by molar-refractivity contribution is -0.122. The monoisotopic (exact) mass is 156 g/mol. The van der Waals surface area contributed by atoms with E-state index in [4.69, 9.17) is 0 Å². The predicted molar refractivity (Wildman–Crippen MR) is 44.3 cm³/mol. The van der Waals surface area contributed by atoms with Crippen LogP contribution in [0.2, 0.25) is 0 Å². The molecule has 0 bridgehead atoms. The molecule has 0 atom stereocenters. The molecule has 1 aliphatic rings. The van der Waals surface area contributed by atoms with E-state index >= 15 is 0 Å². The number of carbonyl (C=O) groups is 1. The number of nitrogens with one attached hydrogen (secondary N) is 2. The van der Waals surface area contributed by atoms with Gasteiger partial charge < -0.3 is 10.6 Å². The zero-order valence-electron chi connectivity index (χ0n) is 7.24. The second-order valence-corrected chi connectivity index (χ2v) is 3.12. The first-order valence-corrected chi connectivity index (χ1v) is 4.24. The van der Waals surface area contributed by atoms with E-state index in [1.807, 2.05) is 0 Å². The summed E-state index contributed by atoms with van der Waals surface area (Å²) >= 11 is 0. The van der Waals surface area contributed by atoms with Crippen LogP contribution in [0.1, 0.15) is 26.7 Å². The molecule has 0 aromatic carbocycles. The molecule has 0 aromatic rings. The molecular weight excluding hydrogens is 140 g/mol. The fourth-order valence-corrected chi connectivity index (χ4v) is 1.41. The van der Waals surface area contributed by atoms with Crippen LogP contribution in [0.15, 0.2) is 0 Å². The van der Waals surface area contributed by atoms with Crippen LogP contribution in [0.5, 0.6) is 0 Å². The summed E-state index contributed by atoms with van der Waals surface area (Å²) in [5.74, 6) is 0.113. The molecule has 11 heavy (non-hydrogen) atoms. The normalized spacial score (nSPS) is 22.9. The lowest BCUT2D eigenvalue weighted by atomic mass is 9.91. The van der Waals surface area contributed by atoms with Crippen molar-refractivity contribution < 1.29 is 4.79 Å². The molecule has 0 aliphatic carbocycles. The van der Waals surface area contributed by atoms with Crippen LogP contribution in [0.4, 0.5) is 0 Å². The first-order chi connectivity index (χ1) is 5.22. The predicted octanol–water partition coefficient (Wildman–Crippen LogP) is 0.265. The number of rotatable bonds is 2. The highest BCUT2D eigenvalue weighted by atomic mass is 16.2. The number of carbonyl (C=O) groups excluding carboxylic acids is 1. The number of amides is 1. The van der Waals surface area contributed by atoms with Gasteiger partial charge in [-0.1, -0.05) is 13.8 Å².